The molecule has 1 aromatic rings. The number of hydrogen-bond acceptors (Lipinski definition) is 4. The van der Waals surface area contributed by atoms with Crippen LogP contribution in [0, 0.1) is 0 Å². The first-order valence-corrected chi connectivity index (χ1v) is 21.8. The Balaban J connectivity index is 2.40. The first kappa shape index (κ1) is 47.8. The molecule has 0 saturated carbocycles. The summed E-state index contributed by atoms with van der Waals surface area (Å²) in [5.41, 5.74) is 9.66. The van der Waals surface area contributed by atoms with Gasteiger partial charge in [0.1, 0.15) is 0 Å². The van der Waals surface area contributed by atoms with Gasteiger partial charge in [0.25, 0.3) is 0 Å². The van der Waals surface area contributed by atoms with Gasteiger partial charge in [-0.3, -0.25) is 4.79 Å². The fourth-order valence-corrected chi connectivity index (χ4v) is 6.68. The van der Waals surface area contributed by atoms with E-state index in [9.17, 15) is 4.79 Å². The van der Waals surface area contributed by atoms with Crippen molar-refractivity contribution in [3.05, 3.63) is 66.3 Å². The first-order valence-electron chi connectivity index (χ1n) is 21.8. The van der Waals surface area contributed by atoms with E-state index in [0.717, 1.165) is 36.1 Å². The topological polar surface area (TPSA) is 73.6 Å². The summed E-state index contributed by atoms with van der Waals surface area (Å²) in [6.45, 7) is 12.7. The van der Waals surface area contributed by atoms with E-state index in [2.05, 4.69) is 56.1 Å². The molecular weight excluding hydrogens is 641 g/mol. The number of carbonyl (C=O) groups is 1. The molecule has 1 amide bonds. The van der Waals surface area contributed by atoms with Crippen LogP contribution in [0.3, 0.4) is 0 Å². The van der Waals surface area contributed by atoms with Gasteiger partial charge in [-0.15, -0.1) is 0 Å². The third kappa shape index (κ3) is 27.4. The Morgan fingerprint density at radius 1 is 0.712 bits per heavy atom. The van der Waals surface area contributed by atoms with E-state index in [-0.39, 0.29) is 12.0 Å². The van der Waals surface area contributed by atoms with Crippen molar-refractivity contribution in [1.29, 1.82) is 0 Å². The lowest BCUT2D eigenvalue weighted by Crippen LogP contribution is -2.45. The quantitative estimate of drug-likeness (QED) is 0.0530. The number of nitrogens with two attached hydrogens (primary N) is 1. The zero-order chi connectivity index (χ0) is 37.7. The number of allylic oxidation sites excluding steroid dienone is 5. The fourth-order valence-electron chi connectivity index (χ4n) is 6.68. The summed E-state index contributed by atoms with van der Waals surface area (Å²) < 4.78 is 12.4. The second kappa shape index (κ2) is 35.8. The lowest BCUT2D eigenvalue weighted by atomic mass is 10.00. The number of benzene rings is 1. The minimum absolute atomic E-state index is 0.146. The summed E-state index contributed by atoms with van der Waals surface area (Å²) >= 11 is 0. The number of hydrogen-bond donors (Lipinski definition) is 2. The lowest BCUT2D eigenvalue weighted by Gasteiger charge is -2.20. The summed E-state index contributed by atoms with van der Waals surface area (Å²) in [6, 6.07) is 7.65. The molecule has 0 aromatic heterocycles. The van der Waals surface area contributed by atoms with Crippen molar-refractivity contribution < 1.29 is 14.3 Å². The van der Waals surface area contributed by atoms with E-state index in [1.165, 1.54) is 141 Å². The van der Waals surface area contributed by atoms with Gasteiger partial charge < -0.3 is 20.5 Å². The summed E-state index contributed by atoms with van der Waals surface area (Å²) in [4.78, 5) is 13.0. The largest absolute Gasteiger partial charge is 0.379 e. The van der Waals surface area contributed by atoms with E-state index in [1.54, 1.807) is 6.08 Å². The van der Waals surface area contributed by atoms with Crippen LogP contribution >= 0.6 is 0 Å². The van der Waals surface area contributed by atoms with Crippen LogP contribution in [-0.2, 0) is 20.7 Å². The Morgan fingerprint density at radius 2 is 1.17 bits per heavy atom. The van der Waals surface area contributed by atoms with Crippen LogP contribution in [0.2, 0.25) is 0 Å². The van der Waals surface area contributed by atoms with E-state index < -0.39 is 6.04 Å². The van der Waals surface area contributed by atoms with Crippen LogP contribution in [0.1, 0.15) is 186 Å². The van der Waals surface area contributed by atoms with Crippen LogP contribution < -0.4 is 11.1 Å². The Bertz CT molecular complexity index is 1020. The first-order chi connectivity index (χ1) is 25.5. The number of unbranched alkanes of at least 4 members (excludes halogenated alkanes) is 22. The molecule has 0 aliphatic carbocycles. The molecule has 3 N–H and O–H groups in total. The maximum atomic E-state index is 13.0. The maximum Gasteiger partial charge on any atom is 0.237 e. The summed E-state index contributed by atoms with van der Waals surface area (Å²) in [5, 5.41) is 3.06. The van der Waals surface area contributed by atoms with Crippen molar-refractivity contribution in [2.24, 2.45) is 5.73 Å². The van der Waals surface area contributed by atoms with E-state index in [4.69, 9.17) is 15.2 Å². The van der Waals surface area contributed by atoms with E-state index >= 15 is 0 Å². The number of amides is 1. The second-order valence-electron chi connectivity index (χ2n) is 14.9. The second-order valence-corrected chi connectivity index (χ2v) is 14.9. The molecule has 0 aliphatic heterocycles. The SMILES string of the molecule is C=C/C=C\C(=C/C)c1ccc(C[C@@H](N)C(=O)NCC(COCCCCCCCCCCCCCC)OCCCCCCCCCCCCCC)cc1. The van der Waals surface area contributed by atoms with Gasteiger partial charge in [-0.1, -0.05) is 210 Å². The van der Waals surface area contributed by atoms with Crippen molar-refractivity contribution in [1.82, 2.24) is 5.32 Å². The highest BCUT2D eigenvalue weighted by Gasteiger charge is 2.17. The average Bonchev–Trinajstić information content (AvgIpc) is 3.16. The molecule has 1 rings (SSSR count). The molecule has 0 fully saturated rings. The van der Waals surface area contributed by atoms with Gasteiger partial charge in [0.2, 0.25) is 5.91 Å². The van der Waals surface area contributed by atoms with E-state index in [1.807, 2.05) is 19.1 Å². The summed E-state index contributed by atoms with van der Waals surface area (Å²) in [6.07, 6.45) is 40.0. The Morgan fingerprint density at radius 3 is 1.63 bits per heavy atom. The number of ether oxygens (including phenoxy) is 2. The van der Waals surface area contributed by atoms with Gasteiger partial charge >= 0.3 is 0 Å². The third-order valence-electron chi connectivity index (χ3n) is 10.1. The molecule has 52 heavy (non-hydrogen) atoms. The van der Waals surface area contributed by atoms with Gasteiger partial charge in [-0.25, -0.2) is 0 Å². The van der Waals surface area contributed by atoms with Crippen molar-refractivity contribution in [3.8, 4) is 0 Å². The van der Waals surface area contributed by atoms with Gasteiger partial charge in [-0.05, 0) is 42.9 Å². The van der Waals surface area contributed by atoms with Gasteiger partial charge in [-0.2, -0.15) is 0 Å². The third-order valence-corrected chi connectivity index (χ3v) is 10.1. The minimum Gasteiger partial charge on any atom is -0.379 e. The zero-order valence-electron chi connectivity index (χ0n) is 34.3. The fraction of sp³-hybridized carbons (Fsp3) is 0.723. The van der Waals surface area contributed by atoms with Crippen LogP contribution in [0.4, 0.5) is 0 Å². The minimum atomic E-state index is -0.619. The molecule has 0 radical (unpaired) electrons. The number of rotatable bonds is 37. The highest BCUT2D eigenvalue weighted by atomic mass is 16.5. The molecule has 5 heteroatoms. The molecule has 5 nitrogen and oxygen atoms in total. The highest BCUT2D eigenvalue weighted by molar-refractivity contribution is 5.82. The van der Waals surface area contributed by atoms with Crippen molar-refractivity contribution >= 4 is 11.5 Å². The van der Waals surface area contributed by atoms with Gasteiger partial charge in [0.05, 0.1) is 18.8 Å². The molecule has 1 aromatic carbocycles. The Labute approximate surface area is 322 Å². The van der Waals surface area contributed by atoms with Gasteiger partial charge in [0.15, 0.2) is 0 Å². The molecule has 2 atom stereocenters. The smallest absolute Gasteiger partial charge is 0.237 e. The van der Waals surface area contributed by atoms with Crippen LogP contribution in [0.5, 0.6) is 0 Å². The molecule has 0 heterocycles. The van der Waals surface area contributed by atoms with Crippen molar-refractivity contribution in [2.45, 2.75) is 193 Å². The molecule has 0 bridgehead atoms. The van der Waals surface area contributed by atoms with E-state index in [0.29, 0.717) is 26.2 Å². The number of nitrogens with one attached hydrogen (secondary N) is 1. The molecular formula is C47H82N2O3. The Kier molecular flexibility index (Phi) is 32.9. The van der Waals surface area contributed by atoms with Gasteiger partial charge in [0, 0.05) is 19.8 Å². The van der Waals surface area contributed by atoms with Crippen LogP contribution in [0.25, 0.3) is 5.57 Å². The predicted molar refractivity (Wildman–Crippen MR) is 227 cm³/mol. The lowest BCUT2D eigenvalue weighted by molar-refractivity contribution is -0.123. The summed E-state index contributed by atoms with van der Waals surface area (Å²) in [5.74, 6) is -0.146. The predicted octanol–water partition coefficient (Wildman–Crippen LogP) is 12.6. The molecule has 0 spiro atoms. The number of carbonyl (C=O) groups excluding carboxylic acids is 1. The molecule has 0 aliphatic rings. The van der Waals surface area contributed by atoms with Crippen LogP contribution in [-0.4, -0.2) is 44.4 Å². The Hall–Kier alpha value is -2.21. The zero-order valence-corrected chi connectivity index (χ0v) is 34.3. The van der Waals surface area contributed by atoms with Crippen LogP contribution in [0.15, 0.2) is 55.1 Å². The standard InChI is InChI=1S/C47H82N2O3/c1-5-9-12-14-16-18-20-22-24-26-28-30-37-51-41-45(52-38-31-29-27-25-23-21-19-17-15-13-10-6-2)40-49-47(50)46(48)39-42-33-35-44(36-34-42)43(8-4)32-11-7-3/h7-8,11,32-36,45-46H,3,5-6,9-10,12-31,37-41,48H2,1-2,4H3,(H,49,50)/b32-11-,43-8+/t45?,46-/m1/s1. The maximum absolute atomic E-state index is 13.0. The molecule has 298 valence electrons. The normalized spacial score (nSPS) is 13.1. The van der Waals surface area contributed by atoms with Crippen molar-refractivity contribution in [2.75, 3.05) is 26.4 Å². The highest BCUT2D eigenvalue weighted by Crippen LogP contribution is 2.18. The molecule has 1 unspecified atom stereocenters. The summed E-state index contributed by atoms with van der Waals surface area (Å²) in [7, 11) is 0. The molecule has 0 saturated heterocycles. The average molecular weight is 723 g/mol. The monoisotopic (exact) mass is 723 g/mol. The van der Waals surface area contributed by atoms with Crippen molar-refractivity contribution in [3.63, 3.8) is 0 Å².